The minimum absolute atomic E-state index is 0.101. The number of carbonyl (C=O) groups excluding carboxylic acids is 1. The Morgan fingerprint density at radius 2 is 2.11 bits per heavy atom. The van der Waals surface area contributed by atoms with Crippen molar-refractivity contribution in [2.75, 3.05) is 6.54 Å². The third-order valence-corrected chi connectivity index (χ3v) is 3.89. The summed E-state index contributed by atoms with van der Waals surface area (Å²) in [6, 6.07) is 3.38. The summed E-state index contributed by atoms with van der Waals surface area (Å²) in [5.74, 6) is -2.26. The molecule has 4 nitrogen and oxygen atoms in total. The zero-order valence-electron chi connectivity index (χ0n) is 10.1. The highest BCUT2D eigenvalue weighted by molar-refractivity contribution is 9.10. The number of rotatable bonds is 2. The Morgan fingerprint density at radius 3 is 2.74 bits per heavy atom. The van der Waals surface area contributed by atoms with Crippen LogP contribution in [0.1, 0.15) is 29.6 Å². The van der Waals surface area contributed by atoms with Gasteiger partial charge in [0.15, 0.2) is 0 Å². The van der Waals surface area contributed by atoms with E-state index in [-0.39, 0.29) is 5.56 Å². The monoisotopic (exact) mass is 329 g/mol. The van der Waals surface area contributed by atoms with Crippen LogP contribution in [0.25, 0.3) is 0 Å². The molecule has 1 fully saturated rings. The van der Waals surface area contributed by atoms with Crippen molar-refractivity contribution in [1.29, 1.82) is 0 Å². The van der Waals surface area contributed by atoms with Crippen molar-refractivity contribution < 1.29 is 19.1 Å². The van der Waals surface area contributed by atoms with Crippen LogP contribution >= 0.6 is 15.9 Å². The van der Waals surface area contributed by atoms with Gasteiger partial charge >= 0.3 is 5.97 Å². The zero-order chi connectivity index (χ0) is 14.0. The second kappa shape index (κ2) is 5.69. The summed E-state index contributed by atoms with van der Waals surface area (Å²) in [6.07, 6.45) is 1.91. The largest absolute Gasteiger partial charge is 0.480 e. The number of piperidine rings is 1. The average molecular weight is 330 g/mol. The number of nitrogens with zero attached hydrogens (tertiary/aromatic N) is 1. The summed E-state index contributed by atoms with van der Waals surface area (Å²) in [6.45, 7) is 0.344. The molecule has 1 amide bonds. The maximum absolute atomic E-state index is 13.8. The van der Waals surface area contributed by atoms with E-state index in [0.717, 1.165) is 12.8 Å². The Labute approximate surface area is 118 Å². The summed E-state index contributed by atoms with van der Waals surface area (Å²) in [7, 11) is 0. The molecule has 0 radical (unpaired) electrons. The standard InChI is InChI=1S/C13H13BrFNO3/c14-8-4-3-5-9(15)11(8)12(17)16-7-2-1-6-10(16)13(18)19/h3-5,10H,1-2,6-7H2,(H,18,19)/t10-/m0/s1. The van der Waals surface area contributed by atoms with E-state index in [4.69, 9.17) is 5.11 Å². The van der Waals surface area contributed by atoms with E-state index >= 15 is 0 Å². The van der Waals surface area contributed by atoms with E-state index in [2.05, 4.69) is 15.9 Å². The van der Waals surface area contributed by atoms with Crippen molar-refractivity contribution >= 4 is 27.8 Å². The molecule has 0 bridgehead atoms. The summed E-state index contributed by atoms with van der Waals surface area (Å²) in [4.78, 5) is 24.8. The fraction of sp³-hybridized carbons (Fsp3) is 0.385. The van der Waals surface area contributed by atoms with Crippen LogP contribution < -0.4 is 0 Å². The first kappa shape index (κ1) is 14.0. The number of carboxylic acid groups (broad SMARTS) is 1. The van der Waals surface area contributed by atoms with Crippen molar-refractivity contribution in [1.82, 2.24) is 4.90 Å². The molecule has 0 aromatic heterocycles. The molecular weight excluding hydrogens is 317 g/mol. The second-order valence-electron chi connectivity index (χ2n) is 4.45. The van der Waals surface area contributed by atoms with Crippen LogP contribution in [-0.4, -0.2) is 34.5 Å². The van der Waals surface area contributed by atoms with Crippen LogP contribution in [0.2, 0.25) is 0 Å². The normalized spacial score (nSPS) is 19.3. The molecule has 1 aliphatic heterocycles. The Balaban J connectivity index is 2.34. The Morgan fingerprint density at radius 1 is 1.37 bits per heavy atom. The molecule has 6 heteroatoms. The smallest absolute Gasteiger partial charge is 0.326 e. The molecule has 1 aliphatic rings. The summed E-state index contributed by atoms with van der Waals surface area (Å²) in [5, 5.41) is 9.14. The van der Waals surface area contributed by atoms with Gasteiger partial charge in [-0.15, -0.1) is 0 Å². The van der Waals surface area contributed by atoms with Crippen LogP contribution in [0.15, 0.2) is 22.7 Å². The number of likely N-dealkylation sites (tertiary alicyclic amines) is 1. The minimum Gasteiger partial charge on any atom is -0.480 e. The Bertz CT molecular complexity index is 500. The van der Waals surface area contributed by atoms with Gasteiger partial charge in [0, 0.05) is 11.0 Å². The predicted octanol–water partition coefficient (Wildman–Crippen LogP) is 2.67. The molecule has 0 aliphatic carbocycles. The van der Waals surface area contributed by atoms with Crippen molar-refractivity contribution in [3.8, 4) is 0 Å². The fourth-order valence-corrected chi connectivity index (χ4v) is 2.79. The summed E-state index contributed by atoms with van der Waals surface area (Å²) >= 11 is 3.14. The van der Waals surface area contributed by atoms with E-state index in [1.165, 1.54) is 17.0 Å². The van der Waals surface area contributed by atoms with Gasteiger partial charge in [-0.25, -0.2) is 9.18 Å². The van der Waals surface area contributed by atoms with Gasteiger partial charge in [-0.3, -0.25) is 4.79 Å². The van der Waals surface area contributed by atoms with Gasteiger partial charge in [-0.1, -0.05) is 6.07 Å². The lowest BCUT2D eigenvalue weighted by atomic mass is 10.0. The maximum atomic E-state index is 13.8. The maximum Gasteiger partial charge on any atom is 0.326 e. The van der Waals surface area contributed by atoms with Crippen LogP contribution in [0, 0.1) is 5.82 Å². The molecule has 1 heterocycles. The van der Waals surface area contributed by atoms with Gasteiger partial charge in [0.05, 0.1) is 5.56 Å². The average Bonchev–Trinajstić information content (AvgIpc) is 2.38. The van der Waals surface area contributed by atoms with E-state index in [1.54, 1.807) is 6.07 Å². The molecule has 1 saturated heterocycles. The third kappa shape index (κ3) is 2.78. The van der Waals surface area contributed by atoms with Crippen LogP contribution in [0.4, 0.5) is 4.39 Å². The fourth-order valence-electron chi connectivity index (χ4n) is 2.28. The number of aliphatic carboxylic acids is 1. The topological polar surface area (TPSA) is 57.6 Å². The number of amides is 1. The Hall–Kier alpha value is -1.43. The van der Waals surface area contributed by atoms with Gasteiger partial charge in [-0.2, -0.15) is 0 Å². The molecule has 102 valence electrons. The number of carboxylic acids is 1. The molecule has 2 rings (SSSR count). The van der Waals surface area contributed by atoms with Crippen LogP contribution in [-0.2, 0) is 4.79 Å². The van der Waals surface area contributed by atoms with Crippen molar-refractivity contribution in [3.05, 3.63) is 34.1 Å². The zero-order valence-corrected chi connectivity index (χ0v) is 11.7. The van der Waals surface area contributed by atoms with Gasteiger partial charge < -0.3 is 10.0 Å². The summed E-state index contributed by atoms with van der Waals surface area (Å²) < 4.78 is 14.1. The number of hydrogen-bond donors (Lipinski definition) is 1. The molecule has 1 aromatic carbocycles. The molecule has 0 unspecified atom stereocenters. The number of hydrogen-bond acceptors (Lipinski definition) is 2. The highest BCUT2D eigenvalue weighted by Crippen LogP contribution is 2.25. The van der Waals surface area contributed by atoms with Crippen molar-refractivity contribution in [2.24, 2.45) is 0 Å². The number of benzene rings is 1. The molecule has 0 saturated carbocycles. The lowest BCUT2D eigenvalue weighted by Crippen LogP contribution is -2.48. The molecule has 0 spiro atoms. The Kier molecular flexibility index (Phi) is 4.19. The van der Waals surface area contributed by atoms with Crippen LogP contribution in [0.3, 0.4) is 0 Å². The van der Waals surface area contributed by atoms with Crippen molar-refractivity contribution in [3.63, 3.8) is 0 Å². The predicted molar refractivity (Wildman–Crippen MR) is 70.4 cm³/mol. The first-order valence-corrected chi connectivity index (χ1v) is 6.79. The number of halogens is 2. The molecule has 1 atom stereocenters. The van der Waals surface area contributed by atoms with Crippen LogP contribution in [0.5, 0.6) is 0 Å². The lowest BCUT2D eigenvalue weighted by Gasteiger charge is -2.33. The number of carbonyl (C=O) groups is 2. The first-order valence-electron chi connectivity index (χ1n) is 6.00. The van der Waals surface area contributed by atoms with Gasteiger partial charge in [0.25, 0.3) is 5.91 Å². The van der Waals surface area contributed by atoms with Gasteiger partial charge in [0.1, 0.15) is 11.9 Å². The SMILES string of the molecule is O=C(O)[C@@H]1CCCCN1C(=O)c1c(F)cccc1Br. The first-order chi connectivity index (χ1) is 9.02. The lowest BCUT2D eigenvalue weighted by molar-refractivity contribution is -0.143. The van der Waals surface area contributed by atoms with Gasteiger partial charge in [0.2, 0.25) is 0 Å². The molecule has 1 N–H and O–H groups in total. The molecular formula is C13H13BrFNO3. The molecule has 1 aromatic rings. The highest BCUT2D eigenvalue weighted by Gasteiger charge is 2.34. The molecule has 19 heavy (non-hydrogen) atoms. The highest BCUT2D eigenvalue weighted by atomic mass is 79.9. The quantitative estimate of drug-likeness (QED) is 0.907. The van der Waals surface area contributed by atoms with Gasteiger partial charge in [-0.05, 0) is 47.3 Å². The van der Waals surface area contributed by atoms with E-state index in [9.17, 15) is 14.0 Å². The van der Waals surface area contributed by atoms with E-state index in [1.807, 2.05) is 0 Å². The minimum atomic E-state index is -1.04. The third-order valence-electron chi connectivity index (χ3n) is 3.23. The summed E-state index contributed by atoms with van der Waals surface area (Å²) in [5.41, 5.74) is -0.101. The van der Waals surface area contributed by atoms with E-state index in [0.29, 0.717) is 17.4 Å². The van der Waals surface area contributed by atoms with Crippen molar-refractivity contribution in [2.45, 2.75) is 25.3 Å². The second-order valence-corrected chi connectivity index (χ2v) is 5.30. The van der Waals surface area contributed by atoms with E-state index < -0.39 is 23.7 Å².